The highest BCUT2D eigenvalue weighted by atomic mass is 19.4. The maximum atomic E-state index is 12.6. The normalized spacial score (nSPS) is 13.6. The second kappa shape index (κ2) is 4.47. The molecule has 0 amide bonds. The maximum absolute atomic E-state index is 12.6. The van der Waals surface area contributed by atoms with Crippen LogP contribution in [0.25, 0.3) is 0 Å². The van der Waals surface area contributed by atoms with Crippen molar-refractivity contribution in [1.29, 1.82) is 0 Å². The molecule has 1 unspecified atom stereocenters. The summed E-state index contributed by atoms with van der Waals surface area (Å²) < 4.78 is 37.7. The van der Waals surface area contributed by atoms with E-state index in [1.807, 2.05) is 0 Å². The molecule has 0 aromatic heterocycles. The molecule has 1 aromatic carbocycles. The second-order valence-corrected chi connectivity index (χ2v) is 3.24. The number of carbonyl (C=O) groups excluding carboxylic acids is 1. The van der Waals surface area contributed by atoms with Gasteiger partial charge in [-0.3, -0.25) is 0 Å². The van der Waals surface area contributed by atoms with E-state index in [0.29, 0.717) is 12.7 Å². The predicted octanol–water partition coefficient (Wildman–Crippen LogP) is 3.40. The van der Waals surface area contributed by atoms with Gasteiger partial charge in [-0.1, -0.05) is 25.1 Å². The molecule has 0 aliphatic heterocycles. The van der Waals surface area contributed by atoms with Gasteiger partial charge in [0.05, 0.1) is 5.56 Å². The van der Waals surface area contributed by atoms with Crippen LogP contribution in [0.15, 0.2) is 24.3 Å². The van der Waals surface area contributed by atoms with E-state index < -0.39 is 17.7 Å². The molecule has 0 aliphatic carbocycles. The van der Waals surface area contributed by atoms with Gasteiger partial charge in [0.2, 0.25) is 0 Å². The average Bonchev–Trinajstić information content (AvgIpc) is 2.19. The zero-order chi connectivity index (χ0) is 11.5. The third-order valence-corrected chi connectivity index (χ3v) is 2.27. The fraction of sp³-hybridized carbons (Fsp3) is 0.364. The lowest BCUT2D eigenvalue weighted by Gasteiger charge is -2.15. The van der Waals surface area contributed by atoms with Crippen LogP contribution in [-0.2, 0) is 11.0 Å². The Balaban J connectivity index is 3.22. The number of alkyl halides is 3. The summed E-state index contributed by atoms with van der Waals surface area (Å²) in [5.74, 6) is -0.678. The summed E-state index contributed by atoms with van der Waals surface area (Å²) in [7, 11) is 0. The molecular formula is C11H11F3O. The fourth-order valence-corrected chi connectivity index (χ4v) is 1.47. The maximum Gasteiger partial charge on any atom is 0.416 e. The molecule has 15 heavy (non-hydrogen) atoms. The highest BCUT2D eigenvalue weighted by molar-refractivity contribution is 5.63. The quantitative estimate of drug-likeness (QED) is 0.708. The van der Waals surface area contributed by atoms with Crippen molar-refractivity contribution in [2.45, 2.75) is 25.4 Å². The number of carbonyl (C=O) groups is 1. The summed E-state index contributed by atoms with van der Waals surface area (Å²) in [6.07, 6.45) is -3.46. The van der Waals surface area contributed by atoms with E-state index in [4.69, 9.17) is 0 Å². The fourth-order valence-electron chi connectivity index (χ4n) is 1.47. The monoisotopic (exact) mass is 216 g/mol. The molecule has 1 rings (SSSR count). The van der Waals surface area contributed by atoms with Crippen LogP contribution in [0.2, 0.25) is 0 Å². The largest absolute Gasteiger partial charge is 0.416 e. The number of halogens is 3. The van der Waals surface area contributed by atoms with Crippen LogP contribution in [0.4, 0.5) is 13.2 Å². The van der Waals surface area contributed by atoms with Crippen molar-refractivity contribution in [3.8, 4) is 0 Å². The van der Waals surface area contributed by atoms with E-state index >= 15 is 0 Å². The first-order chi connectivity index (χ1) is 7.00. The van der Waals surface area contributed by atoms with Gasteiger partial charge < -0.3 is 4.79 Å². The Morgan fingerprint density at radius 1 is 1.33 bits per heavy atom. The summed E-state index contributed by atoms with van der Waals surface area (Å²) in [5, 5.41) is 0. The topological polar surface area (TPSA) is 17.1 Å². The Morgan fingerprint density at radius 2 is 1.93 bits per heavy atom. The Kier molecular flexibility index (Phi) is 3.50. The number of hydrogen-bond acceptors (Lipinski definition) is 1. The SMILES string of the molecule is CCC(C=O)c1ccccc1C(F)(F)F. The van der Waals surface area contributed by atoms with Crippen LogP contribution in [-0.4, -0.2) is 6.29 Å². The summed E-state index contributed by atoms with van der Waals surface area (Å²) in [6, 6.07) is 5.19. The summed E-state index contributed by atoms with van der Waals surface area (Å²) in [5.41, 5.74) is -0.661. The van der Waals surface area contributed by atoms with Gasteiger partial charge in [-0.05, 0) is 18.1 Å². The zero-order valence-electron chi connectivity index (χ0n) is 8.21. The van der Waals surface area contributed by atoms with Crippen LogP contribution in [0.5, 0.6) is 0 Å². The lowest BCUT2D eigenvalue weighted by Crippen LogP contribution is -2.12. The molecule has 1 aromatic rings. The highest BCUT2D eigenvalue weighted by Crippen LogP contribution is 2.35. The number of aldehydes is 1. The van der Waals surface area contributed by atoms with Gasteiger partial charge in [-0.15, -0.1) is 0 Å². The van der Waals surface area contributed by atoms with Crippen LogP contribution in [0.1, 0.15) is 30.4 Å². The molecule has 0 N–H and O–H groups in total. The van der Waals surface area contributed by atoms with Gasteiger partial charge in [0.25, 0.3) is 0 Å². The van der Waals surface area contributed by atoms with E-state index in [0.717, 1.165) is 6.07 Å². The van der Waals surface area contributed by atoms with E-state index in [9.17, 15) is 18.0 Å². The minimum absolute atomic E-state index is 0.0579. The summed E-state index contributed by atoms with van der Waals surface area (Å²) in [6.45, 7) is 1.69. The molecule has 4 heteroatoms. The Bertz CT molecular complexity index is 344. The third kappa shape index (κ3) is 2.58. The van der Waals surface area contributed by atoms with Crippen LogP contribution < -0.4 is 0 Å². The van der Waals surface area contributed by atoms with Crippen molar-refractivity contribution in [1.82, 2.24) is 0 Å². The Morgan fingerprint density at radius 3 is 2.40 bits per heavy atom. The zero-order valence-corrected chi connectivity index (χ0v) is 8.21. The van der Waals surface area contributed by atoms with Crippen LogP contribution in [0.3, 0.4) is 0 Å². The Hall–Kier alpha value is -1.32. The van der Waals surface area contributed by atoms with E-state index in [2.05, 4.69) is 0 Å². The van der Waals surface area contributed by atoms with Gasteiger partial charge in [-0.2, -0.15) is 13.2 Å². The summed E-state index contributed by atoms with van der Waals surface area (Å²) >= 11 is 0. The number of hydrogen-bond donors (Lipinski definition) is 0. The number of benzene rings is 1. The lowest BCUT2D eigenvalue weighted by molar-refractivity contribution is -0.138. The highest BCUT2D eigenvalue weighted by Gasteiger charge is 2.34. The minimum atomic E-state index is -4.40. The van der Waals surface area contributed by atoms with Gasteiger partial charge in [0, 0.05) is 5.92 Å². The van der Waals surface area contributed by atoms with E-state index in [1.165, 1.54) is 18.2 Å². The van der Waals surface area contributed by atoms with E-state index in [-0.39, 0.29) is 5.56 Å². The predicted molar refractivity (Wildman–Crippen MR) is 50.5 cm³/mol. The van der Waals surface area contributed by atoms with Gasteiger partial charge in [-0.25, -0.2) is 0 Å². The molecule has 0 saturated heterocycles. The van der Waals surface area contributed by atoms with Crippen molar-refractivity contribution >= 4 is 6.29 Å². The summed E-state index contributed by atoms with van der Waals surface area (Å²) in [4.78, 5) is 10.6. The van der Waals surface area contributed by atoms with Crippen LogP contribution >= 0.6 is 0 Å². The molecule has 1 nitrogen and oxygen atoms in total. The minimum Gasteiger partial charge on any atom is -0.303 e. The van der Waals surface area contributed by atoms with Crippen molar-refractivity contribution in [3.05, 3.63) is 35.4 Å². The molecule has 0 aliphatic rings. The third-order valence-electron chi connectivity index (χ3n) is 2.27. The molecule has 0 spiro atoms. The van der Waals surface area contributed by atoms with Crippen molar-refractivity contribution in [2.75, 3.05) is 0 Å². The van der Waals surface area contributed by atoms with Crippen LogP contribution in [0, 0.1) is 0 Å². The van der Waals surface area contributed by atoms with Gasteiger partial charge >= 0.3 is 6.18 Å². The molecule has 0 radical (unpaired) electrons. The molecule has 82 valence electrons. The molecule has 0 heterocycles. The lowest BCUT2D eigenvalue weighted by atomic mass is 9.93. The molecule has 0 bridgehead atoms. The number of rotatable bonds is 3. The van der Waals surface area contributed by atoms with Crippen molar-refractivity contribution < 1.29 is 18.0 Å². The first-order valence-corrected chi connectivity index (χ1v) is 4.62. The first-order valence-electron chi connectivity index (χ1n) is 4.62. The van der Waals surface area contributed by atoms with Gasteiger partial charge in [0.1, 0.15) is 6.29 Å². The van der Waals surface area contributed by atoms with E-state index in [1.54, 1.807) is 6.92 Å². The smallest absolute Gasteiger partial charge is 0.303 e. The molecule has 0 fully saturated rings. The second-order valence-electron chi connectivity index (χ2n) is 3.24. The standard InChI is InChI=1S/C11H11F3O/c1-2-8(7-15)9-5-3-4-6-10(9)11(12,13)14/h3-8H,2H2,1H3. The average molecular weight is 216 g/mol. The van der Waals surface area contributed by atoms with Crippen molar-refractivity contribution in [3.63, 3.8) is 0 Å². The first kappa shape index (κ1) is 11.8. The van der Waals surface area contributed by atoms with Gasteiger partial charge in [0.15, 0.2) is 0 Å². The molecular weight excluding hydrogens is 205 g/mol. The molecule has 0 saturated carbocycles. The molecule has 1 atom stereocenters. The van der Waals surface area contributed by atoms with Crippen molar-refractivity contribution in [2.24, 2.45) is 0 Å². The Labute approximate surface area is 85.9 Å².